The molecule has 6 rings (SSSR count). The molecule has 1 amide bonds. The first-order chi connectivity index (χ1) is 20.4. The van der Waals surface area contributed by atoms with Crippen LogP contribution in [0.3, 0.4) is 0 Å². The second kappa shape index (κ2) is 12.2. The predicted octanol–water partition coefficient (Wildman–Crippen LogP) is 4.21. The number of fused-ring (bicyclic) bond motifs is 1. The highest BCUT2D eigenvalue weighted by atomic mass is 32.2. The zero-order valence-electron chi connectivity index (χ0n) is 22.9. The van der Waals surface area contributed by atoms with Crippen molar-refractivity contribution in [2.75, 3.05) is 50.2 Å². The molecule has 2 saturated heterocycles. The molecule has 0 spiro atoms. The van der Waals surface area contributed by atoms with Crippen molar-refractivity contribution in [1.82, 2.24) is 15.1 Å². The summed E-state index contributed by atoms with van der Waals surface area (Å²) in [5, 5.41) is 13.9. The maximum absolute atomic E-state index is 13.8. The lowest BCUT2D eigenvalue weighted by Gasteiger charge is -2.28. The first-order valence-corrected chi connectivity index (χ1v) is 15.4. The van der Waals surface area contributed by atoms with Gasteiger partial charge >= 0.3 is 0 Å². The number of benzene rings is 3. The van der Waals surface area contributed by atoms with Gasteiger partial charge in [0.2, 0.25) is 9.84 Å². The number of ether oxygens (including phenoxy) is 2. The number of H-pyrrole nitrogens is 1. The summed E-state index contributed by atoms with van der Waals surface area (Å²) >= 11 is 0. The standard InChI is InChI=1S/C30H32FN5O5S/c31-21-2-1-3-23(17-21)42(38,39)24-5-7-27-26(18-24)29(35-34-27)33-30(37)25-6-4-20(19-36-10-14-41-15-11-36)16-28(25)32-22-8-12-40-13-9-22/h1-7,16-18,22,32H,8-15,19H2,(H2,33,34,35,37). The molecule has 0 atom stereocenters. The minimum absolute atomic E-state index is 0.0353. The molecule has 3 aromatic carbocycles. The Morgan fingerprint density at radius 2 is 1.74 bits per heavy atom. The van der Waals surface area contributed by atoms with E-state index in [2.05, 4.69) is 25.7 Å². The van der Waals surface area contributed by atoms with E-state index in [0.29, 0.717) is 42.9 Å². The van der Waals surface area contributed by atoms with Gasteiger partial charge in [-0.1, -0.05) is 12.1 Å². The molecule has 0 unspecified atom stereocenters. The van der Waals surface area contributed by atoms with Gasteiger partial charge < -0.3 is 20.1 Å². The fourth-order valence-electron chi connectivity index (χ4n) is 5.29. The molecule has 12 heteroatoms. The lowest BCUT2D eigenvalue weighted by atomic mass is 10.0. The Bertz CT molecular complexity index is 1700. The number of sulfone groups is 1. The van der Waals surface area contributed by atoms with Crippen LogP contribution in [0, 0.1) is 5.82 Å². The molecule has 0 aliphatic carbocycles. The molecule has 220 valence electrons. The van der Waals surface area contributed by atoms with Gasteiger partial charge in [-0.15, -0.1) is 0 Å². The number of anilines is 2. The molecule has 2 fully saturated rings. The molecular weight excluding hydrogens is 561 g/mol. The third kappa shape index (κ3) is 6.16. The van der Waals surface area contributed by atoms with Crippen molar-refractivity contribution in [3.63, 3.8) is 0 Å². The van der Waals surface area contributed by atoms with E-state index in [1.54, 1.807) is 12.1 Å². The summed E-state index contributed by atoms with van der Waals surface area (Å²) in [4.78, 5) is 15.8. The second-order valence-electron chi connectivity index (χ2n) is 10.5. The molecule has 42 heavy (non-hydrogen) atoms. The third-order valence-electron chi connectivity index (χ3n) is 7.60. The summed E-state index contributed by atoms with van der Waals surface area (Å²) < 4.78 is 51.1. The Hall–Kier alpha value is -3.84. The maximum atomic E-state index is 13.8. The smallest absolute Gasteiger partial charge is 0.258 e. The monoisotopic (exact) mass is 593 g/mol. The van der Waals surface area contributed by atoms with Crippen LogP contribution in [0.25, 0.3) is 10.9 Å². The summed E-state index contributed by atoms with van der Waals surface area (Å²) in [5.41, 5.74) is 2.80. The van der Waals surface area contributed by atoms with E-state index in [1.807, 2.05) is 12.1 Å². The first-order valence-electron chi connectivity index (χ1n) is 13.9. The molecule has 0 radical (unpaired) electrons. The van der Waals surface area contributed by atoms with Crippen LogP contribution >= 0.6 is 0 Å². The Morgan fingerprint density at radius 3 is 2.52 bits per heavy atom. The molecule has 4 aromatic rings. The average molecular weight is 594 g/mol. The SMILES string of the molecule is O=C(Nc1n[nH]c2ccc(S(=O)(=O)c3cccc(F)c3)cc12)c1ccc(CN2CCOCC2)cc1NC1CCOCC1. The fraction of sp³-hybridized carbons (Fsp3) is 0.333. The summed E-state index contributed by atoms with van der Waals surface area (Å²) in [6.07, 6.45) is 1.67. The number of aromatic nitrogens is 2. The van der Waals surface area contributed by atoms with Gasteiger partial charge in [0.05, 0.1) is 34.1 Å². The Kier molecular flexibility index (Phi) is 8.20. The number of amides is 1. The Balaban J connectivity index is 1.28. The third-order valence-corrected chi connectivity index (χ3v) is 9.35. The first kappa shape index (κ1) is 28.3. The van der Waals surface area contributed by atoms with Crippen LogP contribution < -0.4 is 10.6 Å². The molecule has 0 saturated carbocycles. The normalized spacial score (nSPS) is 16.9. The van der Waals surface area contributed by atoms with Gasteiger partial charge in [0.15, 0.2) is 5.82 Å². The number of rotatable bonds is 8. The van der Waals surface area contributed by atoms with Crippen LogP contribution in [0.2, 0.25) is 0 Å². The molecule has 10 nitrogen and oxygen atoms in total. The van der Waals surface area contributed by atoms with Crippen LogP contribution in [0.15, 0.2) is 70.5 Å². The number of hydrogen-bond acceptors (Lipinski definition) is 8. The summed E-state index contributed by atoms with van der Waals surface area (Å²) in [6.45, 7) is 5.19. The van der Waals surface area contributed by atoms with Crippen LogP contribution in [-0.2, 0) is 25.9 Å². The average Bonchev–Trinajstić information content (AvgIpc) is 3.40. The molecule has 2 aliphatic heterocycles. The maximum Gasteiger partial charge on any atom is 0.258 e. The molecular formula is C30H32FN5O5S. The molecule has 1 aromatic heterocycles. The van der Waals surface area contributed by atoms with E-state index >= 15 is 0 Å². The summed E-state index contributed by atoms with van der Waals surface area (Å²) in [5.74, 6) is -0.829. The van der Waals surface area contributed by atoms with Crippen molar-refractivity contribution >= 4 is 38.2 Å². The van der Waals surface area contributed by atoms with E-state index in [0.717, 1.165) is 49.8 Å². The Morgan fingerprint density at radius 1 is 0.976 bits per heavy atom. The fourth-order valence-corrected chi connectivity index (χ4v) is 6.60. The lowest BCUT2D eigenvalue weighted by Crippen LogP contribution is -2.35. The number of morpholine rings is 1. The van der Waals surface area contributed by atoms with Gasteiger partial charge in [-0.3, -0.25) is 14.8 Å². The lowest BCUT2D eigenvalue weighted by molar-refractivity contribution is 0.0342. The highest BCUT2D eigenvalue weighted by Gasteiger charge is 2.23. The number of carbonyl (C=O) groups is 1. The van der Waals surface area contributed by atoms with Crippen molar-refractivity contribution in [2.24, 2.45) is 0 Å². The topological polar surface area (TPSA) is 126 Å². The van der Waals surface area contributed by atoms with Crippen molar-refractivity contribution in [3.05, 3.63) is 77.6 Å². The van der Waals surface area contributed by atoms with Gasteiger partial charge in [0.1, 0.15) is 5.82 Å². The van der Waals surface area contributed by atoms with E-state index in [9.17, 15) is 17.6 Å². The van der Waals surface area contributed by atoms with Gasteiger partial charge in [-0.05, 0) is 66.9 Å². The zero-order valence-corrected chi connectivity index (χ0v) is 23.8. The number of aromatic amines is 1. The highest BCUT2D eigenvalue weighted by molar-refractivity contribution is 7.91. The summed E-state index contributed by atoms with van der Waals surface area (Å²) in [7, 11) is -3.99. The second-order valence-corrected chi connectivity index (χ2v) is 12.4. The molecule has 3 N–H and O–H groups in total. The molecule has 0 bridgehead atoms. The number of carbonyl (C=O) groups excluding carboxylic acids is 1. The van der Waals surface area contributed by atoms with Crippen molar-refractivity contribution in [1.29, 1.82) is 0 Å². The van der Waals surface area contributed by atoms with Crippen LogP contribution in [0.5, 0.6) is 0 Å². The van der Waals surface area contributed by atoms with E-state index in [4.69, 9.17) is 9.47 Å². The Labute approximate surface area is 243 Å². The van der Waals surface area contributed by atoms with E-state index in [1.165, 1.54) is 30.3 Å². The number of nitrogens with zero attached hydrogens (tertiary/aromatic N) is 2. The number of halogens is 1. The molecule has 2 aliphatic rings. The van der Waals surface area contributed by atoms with Gasteiger partial charge in [0, 0.05) is 50.0 Å². The number of hydrogen-bond donors (Lipinski definition) is 3. The van der Waals surface area contributed by atoms with Crippen molar-refractivity contribution in [2.45, 2.75) is 35.2 Å². The number of nitrogens with one attached hydrogen (secondary N) is 3. The van der Waals surface area contributed by atoms with Crippen LogP contribution in [0.1, 0.15) is 28.8 Å². The largest absolute Gasteiger partial charge is 0.381 e. The van der Waals surface area contributed by atoms with E-state index < -0.39 is 15.7 Å². The minimum Gasteiger partial charge on any atom is -0.381 e. The van der Waals surface area contributed by atoms with Crippen LogP contribution in [-0.4, -0.2) is 75.0 Å². The highest BCUT2D eigenvalue weighted by Crippen LogP contribution is 2.29. The van der Waals surface area contributed by atoms with E-state index in [-0.39, 0.29) is 27.6 Å². The predicted molar refractivity (Wildman–Crippen MR) is 156 cm³/mol. The van der Waals surface area contributed by atoms with Crippen molar-refractivity contribution in [3.8, 4) is 0 Å². The van der Waals surface area contributed by atoms with Gasteiger partial charge in [-0.2, -0.15) is 5.10 Å². The summed E-state index contributed by atoms with van der Waals surface area (Å²) in [6, 6.07) is 15.2. The minimum atomic E-state index is -3.99. The quantitative estimate of drug-likeness (QED) is 0.278. The zero-order chi connectivity index (χ0) is 29.1. The van der Waals surface area contributed by atoms with Gasteiger partial charge in [0.25, 0.3) is 5.91 Å². The molecule has 3 heterocycles. The van der Waals surface area contributed by atoms with Gasteiger partial charge in [-0.25, -0.2) is 12.8 Å². The van der Waals surface area contributed by atoms with Crippen LogP contribution in [0.4, 0.5) is 15.9 Å². The van der Waals surface area contributed by atoms with Crippen molar-refractivity contribution < 1.29 is 27.1 Å².